The molecule has 824 valence electrons. The van der Waals surface area contributed by atoms with Gasteiger partial charge in [-0.1, -0.05) is 0 Å². The molecule has 0 aromatic rings. The SMILES string of the molecule is CC(=O)OCC1OC(OC2C(COC(C)=O)OC(OC3C(COC(C)=O)OC(OCC4OC(OC5C(COC(C)=O)OC(OC(C)=O)C(OC(C)=O)C5OC(C)=O)C(OC(C)=O)C(OC(C)=O)C4OC4OC(COC(C)=O)C(OC5OC(COC(C)=O)C(OC(C)=O)C(OC(C)=O)C5OC(C)=O)C(OC(C)=O)C4OC(C)=O)C(OC(C)=O)C3OC(C)=O)C(OC(C)=O)C2OC(C)=O)C(OC(C)=O)C(OC(C)=O)C1OC(C)=O. The van der Waals surface area contributed by atoms with E-state index in [0.717, 1.165) is 159 Å². The van der Waals surface area contributed by atoms with E-state index in [2.05, 4.69) is 0 Å². The summed E-state index contributed by atoms with van der Waals surface area (Å²) in [4.78, 5) is 307. The van der Waals surface area contributed by atoms with Gasteiger partial charge in [-0.2, -0.15) is 0 Å². The van der Waals surface area contributed by atoms with Crippen molar-refractivity contribution in [3.05, 3.63) is 0 Å². The Morgan fingerprint density at radius 3 is 0.422 bits per heavy atom. The first-order valence-corrected chi connectivity index (χ1v) is 45.0. The summed E-state index contributed by atoms with van der Waals surface area (Å²) in [6.45, 7) is 11.9. The van der Waals surface area contributed by atoms with E-state index < -0.39 is 398 Å². The van der Waals surface area contributed by atoms with Gasteiger partial charge in [-0.3, -0.25) is 110 Å². The molecule has 0 aromatic heterocycles. The van der Waals surface area contributed by atoms with E-state index in [1.165, 1.54) is 0 Å². The summed E-state index contributed by atoms with van der Waals surface area (Å²) in [6.07, 6.45) is -78.1. The third-order valence-corrected chi connectivity index (χ3v) is 20.8. The van der Waals surface area contributed by atoms with Gasteiger partial charge in [0, 0.05) is 159 Å². The second-order valence-corrected chi connectivity index (χ2v) is 33.2. The van der Waals surface area contributed by atoms with Crippen molar-refractivity contribution in [2.24, 2.45) is 0 Å². The van der Waals surface area contributed by atoms with Gasteiger partial charge in [0.15, 0.2) is 129 Å². The summed E-state index contributed by atoms with van der Waals surface area (Å²) in [5, 5.41) is 0. The number of carbonyl (C=O) groups excluding carboxylic acids is 23. The zero-order valence-electron chi connectivity index (χ0n) is 83.7. The minimum atomic E-state index is -2.59. The maximum absolute atomic E-state index is 14.3. The highest BCUT2D eigenvalue weighted by Gasteiger charge is 2.66. The van der Waals surface area contributed by atoms with Gasteiger partial charge in [0.25, 0.3) is 0 Å². The van der Waals surface area contributed by atoms with E-state index >= 15 is 0 Å². The van der Waals surface area contributed by atoms with Crippen LogP contribution in [0.5, 0.6) is 0 Å². The van der Waals surface area contributed by atoms with Crippen LogP contribution in [0.4, 0.5) is 0 Å². The van der Waals surface area contributed by atoms with Gasteiger partial charge in [-0.25, -0.2) is 0 Å². The summed E-state index contributed by atoms with van der Waals surface area (Å²) < 4.78 is 215. The van der Waals surface area contributed by atoms with E-state index in [1.54, 1.807) is 0 Å². The fourth-order valence-electron chi connectivity index (χ4n) is 16.2. The van der Waals surface area contributed by atoms with Crippen molar-refractivity contribution in [3.63, 3.8) is 0 Å². The lowest BCUT2D eigenvalue weighted by molar-refractivity contribution is -0.394. The lowest BCUT2D eigenvalue weighted by Gasteiger charge is -2.51. The summed E-state index contributed by atoms with van der Waals surface area (Å²) in [5.74, 6) is -27.4. The summed E-state index contributed by atoms with van der Waals surface area (Å²) >= 11 is 0. The van der Waals surface area contributed by atoms with Crippen LogP contribution in [-0.4, -0.2) is 398 Å². The van der Waals surface area contributed by atoms with E-state index in [0.29, 0.717) is 0 Å². The van der Waals surface area contributed by atoms with Crippen molar-refractivity contribution < 1.29 is 281 Å². The number of hydrogen-bond donors (Lipinski definition) is 0. The molecule has 7 aliphatic heterocycles. The van der Waals surface area contributed by atoms with Gasteiger partial charge in [0.05, 0.1) is 6.61 Å². The molecular weight excluding hydrogens is 2000 g/mol. The molecule has 7 rings (SSSR count). The van der Waals surface area contributed by atoms with E-state index in [9.17, 15) is 110 Å². The molecular formula is C88H118O59. The first kappa shape index (κ1) is 121. The number of rotatable bonds is 42. The van der Waals surface area contributed by atoms with Crippen molar-refractivity contribution in [2.75, 3.05) is 46.2 Å². The van der Waals surface area contributed by atoms with E-state index in [-0.39, 0.29) is 0 Å². The fraction of sp³-hybridized carbons (Fsp3) is 0.739. The number of ether oxygens (including phenoxy) is 36. The summed E-state index contributed by atoms with van der Waals surface area (Å²) in [5.41, 5.74) is 0. The number of esters is 23. The zero-order chi connectivity index (χ0) is 110. The minimum absolute atomic E-state index is 0.747. The third-order valence-electron chi connectivity index (χ3n) is 20.8. The van der Waals surface area contributed by atoms with Gasteiger partial charge in [0.1, 0.15) is 113 Å². The molecule has 7 aliphatic rings. The van der Waals surface area contributed by atoms with Gasteiger partial charge in [-0.15, -0.1) is 0 Å². The van der Waals surface area contributed by atoms with Crippen molar-refractivity contribution in [1.29, 1.82) is 0 Å². The molecule has 7 fully saturated rings. The Morgan fingerprint density at radius 1 is 0.129 bits per heavy atom. The maximum Gasteiger partial charge on any atom is 0.305 e. The molecule has 7 saturated heterocycles. The molecule has 0 bridgehead atoms. The lowest BCUT2D eigenvalue weighted by atomic mass is 9.94. The highest BCUT2D eigenvalue weighted by atomic mass is 16.8. The largest absolute Gasteiger partial charge is 0.463 e. The Morgan fingerprint density at radius 2 is 0.252 bits per heavy atom. The van der Waals surface area contributed by atoms with Crippen molar-refractivity contribution in [3.8, 4) is 0 Å². The molecule has 0 saturated carbocycles. The van der Waals surface area contributed by atoms with Crippen LogP contribution >= 0.6 is 0 Å². The average Bonchev–Trinajstić information content (AvgIpc) is 0.759. The number of hydrogen-bond acceptors (Lipinski definition) is 59. The van der Waals surface area contributed by atoms with Gasteiger partial charge < -0.3 is 171 Å². The molecule has 7 heterocycles. The van der Waals surface area contributed by atoms with Gasteiger partial charge >= 0.3 is 137 Å². The Balaban J connectivity index is 1.52. The van der Waals surface area contributed by atoms with Crippen molar-refractivity contribution in [1.82, 2.24) is 0 Å². The summed E-state index contributed by atoms with van der Waals surface area (Å²) in [7, 11) is 0. The van der Waals surface area contributed by atoms with Crippen LogP contribution in [0.1, 0.15) is 159 Å². The van der Waals surface area contributed by atoms with E-state index in [1.807, 2.05) is 0 Å². The van der Waals surface area contributed by atoms with Crippen molar-refractivity contribution in [2.45, 2.75) is 374 Å². The first-order valence-electron chi connectivity index (χ1n) is 45.0. The molecule has 0 radical (unpaired) electrons. The molecule has 0 spiro atoms. The van der Waals surface area contributed by atoms with Crippen molar-refractivity contribution >= 4 is 137 Å². The monoisotopic (exact) mass is 2120 g/mol. The molecule has 0 aliphatic carbocycles. The first-order chi connectivity index (χ1) is 68.8. The lowest BCUT2D eigenvalue weighted by Crippen LogP contribution is -2.70. The van der Waals surface area contributed by atoms with Crippen LogP contribution in [0.3, 0.4) is 0 Å². The van der Waals surface area contributed by atoms with Crippen LogP contribution in [0.2, 0.25) is 0 Å². The maximum atomic E-state index is 14.3. The summed E-state index contributed by atoms with van der Waals surface area (Å²) in [6, 6.07) is 0. The topological polar surface area (TPSA) is 725 Å². The predicted octanol–water partition coefficient (Wildman–Crippen LogP) is -3.15. The Kier molecular flexibility index (Phi) is 46.1. The second-order valence-electron chi connectivity index (χ2n) is 33.2. The molecule has 59 nitrogen and oxygen atoms in total. The average molecular weight is 2120 g/mol. The fourth-order valence-corrected chi connectivity index (χ4v) is 16.2. The molecule has 147 heavy (non-hydrogen) atoms. The quantitative estimate of drug-likeness (QED) is 0.0430. The Labute approximate surface area is 835 Å². The highest BCUT2D eigenvalue weighted by molar-refractivity contribution is 5.74. The standard InChI is InChI=1S/C88H118O59/c1-31(89)112-24-54-61(119-37(7)95)68(121-39(9)97)77(130-48(18)106)84(138-54)145-65-58(28-116-35(5)93)140-86(79(132-50(20)108)72(65)125-43(13)101)143-63-56(26-114-33(3)91)136-82(75(128-46(16)104)70(63)123-41(11)99)118-30-60-67(74(127-45(15)103)81(134-52(22)110)88(142-60)144-64-57(27-115-34(4)92)137-83(135-53(23)111)76(129-47(17)105)71(64)124-42(12)100)147-87-80(133-51(21)109)73(126-44(14)102)66(59(141-87)29-117-36(6)94)146-85-78(131-49(19)107)69(122-40(10)98)62(120-38(8)96)55(139-85)25-113-32(2)90/h54-88H,24-30H2,1-23H3. The van der Waals surface area contributed by atoms with Crippen LogP contribution in [0, 0.1) is 0 Å². The Bertz CT molecular complexity index is 4720. The third kappa shape index (κ3) is 36.7. The van der Waals surface area contributed by atoms with Crippen LogP contribution in [-0.2, 0) is 281 Å². The number of carbonyl (C=O) groups is 23. The van der Waals surface area contributed by atoms with Gasteiger partial charge in [0.2, 0.25) is 12.4 Å². The van der Waals surface area contributed by atoms with Crippen LogP contribution in [0.15, 0.2) is 0 Å². The smallest absolute Gasteiger partial charge is 0.305 e. The van der Waals surface area contributed by atoms with Crippen LogP contribution < -0.4 is 0 Å². The molecule has 59 heteroatoms. The molecule has 0 aromatic carbocycles. The van der Waals surface area contributed by atoms with E-state index in [4.69, 9.17) is 171 Å². The molecule has 0 N–H and O–H groups in total. The molecule has 35 unspecified atom stereocenters. The Hall–Kier alpha value is -12.7. The van der Waals surface area contributed by atoms with Gasteiger partial charge in [-0.05, 0) is 0 Å². The molecule has 0 amide bonds. The van der Waals surface area contributed by atoms with Crippen LogP contribution in [0.25, 0.3) is 0 Å². The molecule has 35 atom stereocenters. The minimum Gasteiger partial charge on any atom is -0.463 e. The normalized spacial score (nSPS) is 32.8. The second kappa shape index (κ2) is 55.9. The highest BCUT2D eigenvalue weighted by Crippen LogP contribution is 2.44. The zero-order valence-corrected chi connectivity index (χ0v) is 83.7. The predicted molar refractivity (Wildman–Crippen MR) is 451 cm³/mol.